The summed E-state index contributed by atoms with van der Waals surface area (Å²) >= 11 is 0. The first-order valence-corrected chi connectivity index (χ1v) is 7.39. The summed E-state index contributed by atoms with van der Waals surface area (Å²) in [6.45, 7) is 7.12. The van der Waals surface area contributed by atoms with E-state index in [9.17, 15) is 9.18 Å². The predicted molar refractivity (Wildman–Crippen MR) is 78.4 cm³/mol. The molecule has 1 aromatic carbocycles. The maximum Gasteiger partial charge on any atom is 0.254 e. The number of aryl methyl sites for hydroxylation is 1. The van der Waals surface area contributed by atoms with Gasteiger partial charge in [-0.1, -0.05) is 13.0 Å². The third-order valence-electron chi connectivity index (χ3n) is 3.83. The zero-order chi connectivity index (χ0) is 14.5. The van der Waals surface area contributed by atoms with Gasteiger partial charge in [0, 0.05) is 19.1 Å². The average Bonchev–Trinajstić information content (AvgIpc) is 2.41. The first kappa shape index (κ1) is 15.0. The Morgan fingerprint density at radius 1 is 1.40 bits per heavy atom. The van der Waals surface area contributed by atoms with Gasteiger partial charge >= 0.3 is 0 Å². The molecule has 3 nitrogen and oxygen atoms in total. The third kappa shape index (κ3) is 3.79. The zero-order valence-electron chi connectivity index (χ0n) is 12.3. The van der Waals surface area contributed by atoms with Gasteiger partial charge in [-0.25, -0.2) is 4.39 Å². The molecule has 1 aliphatic heterocycles. The second kappa shape index (κ2) is 6.84. The smallest absolute Gasteiger partial charge is 0.254 e. The number of nitrogens with zero attached hydrogens (tertiary/aromatic N) is 1. The van der Waals surface area contributed by atoms with Crippen LogP contribution < -0.4 is 5.32 Å². The van der Waals surface area contributed by atoms with Crippen LogP contribution in [0.3, 0.4) is 0 Å². The van der Waals surface area contributed by atoms with E-state index in [1.165, 1.54) is 6.07 Å². The van der Waals surface area contributed by atoms with E-state index in [1.807, 2.05) is 6.92 Å². The summed E-state index contributed by atoms with van der Waals surface area (Å²) < 4.78 is 13.7. The molecule has 0 aromatic heterocycles. The van der Waals surface area contributed by atoms with Crippen LogP contribution in [-0.2, 0) is 0 Å². The Hall–Kier alpha value is -1.42. The van der Waals surface area contributed by atoms with Gasteiger partial charge in [0.1, 0.15) is 5.82 Å². The van der Waals surface area contributed by atoms with Gasteiger partial charge < -0.3 is 10.2 Å². The monoisotopic (exact) mass is 278 g/mol. The number of carbonyl (C=O) groups is 1. The van der Waals surface area contributed by atoms with Gasteiger partial charge in [-0.3, -0.25) is 4.79 Å². The number of halogens is 1. The minimum Gasteiger partial charge on any atom is -0.349 e. The molecule has 0 spiro atoms. The van der Waals surface area contributed by atoms with Crippen molar-refractivity contribution >= 4 is 5.91 Å². The van der Waals surface area contributed by atoms with Gasteiger partial charge in [0.25, 0.3) is 5.91 Å². The molecule has 0 bridgehead atoms. The molecule has 1 aliphatic rings. The number of carbonyl (C=O) groups excluding carboxylic acids is 1. The van der Waals surface area contributed by atoms with Crippen molar-refractivity contribution in [3.8, 4) is 0 Å². The minimum atomic E-state index is -0.439. The lowest BCUT2D eigenvalue weighted by Crippen LogP contribution is -2.44. The van der Waals surface area contributed by atoms with Crippen molar-refractivity contribution < 1.29 is 9.18 Å². The van der Waals surface area contributed by atoms with Crippen molar-refractivity contribution in [2.75, 3.05) is 19.6 Å². The van der Waals surface area contributed by atoms with Crippen LogP contribution in [0.25, 0.3) is 0 Å². The summed E-state index contributed by atoms with van der Waals surface area (Å²) in [5, 5.41) is 2.95. The molecule has 0 saturated carbocycles. The summed E-state index contributed by atoms with van der Waals surface area (Å²) in [5.74, 6) is -0.734. The fraction of sp³-hybridized carbons (Fsp3) is 0.562. The van der Waals surface area contributed by atoms with Gasteiger partial charge in [0.15, 0.2) is 0 Å². The van der Waals surface area contributed by atoms with E-state index < -0.39 is 5.82 Å². The molecule has 0 atom stereocenters. The number of likely N-dealkylation sites (tertiary alicyclic amines) is 1. The maximum atomic E-state index is 13.7. The summed E-state index contributed by atoms with van der Waals surface area (Å²) in [6, 6.07) is 4.89. The van der Waals surface area contributed by atoms with Crippen molar-refractivity contribution in [1.82, 2.24) is 10.2 Å². The van der Waals surface area contributed by atoms with Crippen molar-refractivity contribution in [2.45, 2.75) is 39.2 Å². The van der Waals surface area contributed by atoms with Gasteiger partial charge in [-0.2, -0.15) is 0 Å². The van der Waals surface area contributed by atoms with Crippen LogP contribution in [0, 0.1) is 12.7 Å². The number of hydrogen-bond donors (Lipinski definition) is 1. The molecule has 4 heteroatoms. The Morgan fingerprint density at radius 2 is 2.10 bits per heavy atom. The number of benzene rings is 1. The van der Waals surface area contributed by atoms with Crippen LogP contribution in [0.1, 0.15) is 42.1 Å². The SMILES string of the molecule is CCCN1CCC(NC(=O)c2ccc(C)cc2F)CC1. The van der Waals surface area contributed by atoms with Crippen LogP contribution in [0.2, 0.25) is 0 Å². The predicted octanol–water partition coefficient (Wildman–Crippen LogP) is 2.74. The van der Waals surface area contributed by atoms with E-state index in [0.717, 1.165) is 44.5 Å². The number of piperidine rings is 1. The molecule has 1 amide bonds. The molecule has 1 fully saturated rings. The standard InChI is InChI=1S/C16H23FN2O/c1-3-8-19-9-6-13(7-10-19)18-16(20)14-5-4-12(2)11-15(14)17/h4-5,11,13H,3,6-10H2,1-2H3,(H,18,20). The molecule has 1 saturated heterocycles. The molecule has 20 heavy (non-hydrogen) atoms. The Morgan fingerprint density at radius 3 is 2.70 bits per heavy atom. The first-order valence-electron chi connectivity index (χ1n) is 7.39. The highest BCUT2D eigenvalue weighted by molar-refractivity contribution is 5.94. The van der Waals surface area contributed by atoms with Crippen molar-refractivity contribution in [3.05, 3.63) is 35.1 Å². The highest BCUT2D eigenvalue weighted by Gasteiger charge is 2.21. The molecule has 1 N–H and O–H groups in total. The normalized spacial score (nSPS) is 17.1. The second-order valence-corrected chi connectivity index (χ2v) is 5.57. The molecule has 0 unspecified atom stereocenters. The highest BCUT2D eigenvalue weighted by atomic mass is 19.1. The van der Waals surface area contributed by atoms with E-state index in [0.29, 0.717) is 0 Å². The second-order valence-electron chi connectivity index (χ2n) is 5.57. The lowest BCUT2D eigenvalue weighted by molar-refractivity contribution is 0.0907. The molecule has 0 radical (unpaired) electrons. The molecule has 0 aliphatic carbocycles. The lowest BCUT2D eigenvalue weighted by Gasteiger charge is -2.32. The van der Waals surface area contributed by atoms with Gasteiger partial charge in [0.05, 0.1) is 5.56 Å². The number of nitrogens with one attached hydrogen (secondary N) is 1. The average molecular weight is 278 g/mol. The highest BCUT2D eigenvalue weighted by Crippen LogP contribution is 2.14. The van der Waals surface area contributed by atoms with E-state index >= 15 is 0 Å². The van der Waals surface area contributed by atoms with Gasteiger partial charge in [0.2, 0.25) is 0 Å². The van der Waals surface area contributed by atoms with Gasteiger partial charge in [-0.05, 0) is 50.4 Å². The molecule has 110 valence electrons. The lowest BCUT2D eigenvalue weighted by atomic mass is 10.0. The van der Waals surface area contributed by atoms with E-state index in [4.69, 9.17) is 0 Å². The van der Waals surface area contributed by atoms with Crippen molar-refractivity contribution in [2.24, 2.45) is 0 Å². The van der Waals surface area contributed by atoms with Crippen molar-refractivity contribution in [1.29, 1.82) is 0 Å². The van der Waals surface area contributed by atoms with Crippen LogP contribution in [0.15, 0.2) is 18.2 Å². The Balaban J connectivity index is 1.89. The minimum absolute atomic E-state index is 0.145. The molecule has 1 heterocycles. The summed E-state index contributed by atoms with van der Waals surface area (Å²) in [7, 11) is 0. The first-order chi connectivity index (χ1) is 9.60. The number of hydrogen-bond acceptors (Lipinski definition) is 2. The number of rotatable bonds is 4. The fourth-order valence-corrected chi connectivity index (χ4v) is 2.68. The quantitative estimate of drug-likeness (QED) is 0.918. The zero-order valence-corrected chi connectivity index (χ0v) is 12.3. The Kier molecular flexibility index (Phi) is 5.12. The Bertz CT molecular complexity index is 468. The van der Waals surface area contributed by atoms with Crippen LogP contribution in [-0.4, -0.2) is 36.5 Å². The molecule has 1 aromatic rings. The molecule has 2 rings (SSSR count). The third-order valence-corrected chi connectivity index (χ3v) is 3.83. The van der Waals surface area contributed by atoms with E-state index in [2.05, 4.69) is 17.1 Å². The largest absolute Gasteiger partial charge is 0.349 e. The molecular weight excluding hydrogens is 255 g/mol. The van der Waals surface area contributed by atoms with E-state index in [1.54, 1.807) is 12.1 Å². The van der Waals surface area contributed by atoms with E-state index in [-0.39, 0.29) is 17.5 Å². The van der Waals surface area contributed by atoms with Gasteiger partial charge in [-0.15, -0.1) is 0 Å². The van der Waals surface area contributed by atoms with Crippen molar-refractivity contribution in [3.63, 3.8) is 0 Å². The molecular formula is C16H23FN2O. The maximum absolute atomic E-state index is 13.7. The summed E-state index contributed by atoms with van der Waals surface area (Å²) in [6.07, 6.45) is 3.05. The van der Waals surface area contributed by atoms with Crippen LogP contribution in [0.4, 0.5) is 4.39 Å². The topological polar surface area (TPSA) is 32.3 Å². The van der Waals surface area contributed by atoms with Crippen LogP contribution >= 0.6 is 0 Å². The number of amides is 1. The Labute approximate surface area is 120 Å². The summed E-state index contributed by atoms with van der Waals surface area (Å²) in [4.78, 5) is 14.5. The van der Waals surface area contributed by atoms with Crippen LogP contribution in [0.5, 0.6) is 0 Å². The fourth-order valence-electron chi connectivity index (χ4n) is 2.68. The summed E-state index contributed by atoms with van der Waals surface area (Å²) in [5.41, 5.74) is 0.971.